The Kier molecular flexibility index (Phi) is 2.68. The number of hydrogen-bond acceptors (Lipinski definition) is 2. The molecule has 0 unspecified atom stereocenters. The maximum atomic E-state index is 4.02. The van der Waals surface area contributed by atoms with Crippen molar-refractivity contribution in [3.63, 3.8) is 0 Å². The van der Waals surface area contributed by atoms with E-state index in [4.69, 9.17) is 0 Å². The van der Waals surface area contributed by atoms with Crippen molar-refractivity contribution in [2.75, 3.05) is 19.0 Å². The molecular formula is C13H14N2. The Morgan fingerprint density at radius 3 is 2.33 bits per heavy atom. The third kappa shape index (κ3) is 2.15. The first-order valence-electron chi connectivity index (χ1n) is 4.95. The number of hydrogen-bond donors (Lipinski definition) is 0. The van der Waals surface area contributed by atoms with Gasteiger partial charge in [0, 0.05) is 32.2 Å². The van der Waals surface area contributed by atoms with E-state index in [1.54, 1.807) is 0 Å². The molecule has 0 aliphatic rings. The highest BCUT2D eigenvalue weighted by atomic mass is 15.1. The topological polar surface area (TPSA) is 16.1 Å². The third-order valence-electron chi connectivity index (χ3n) is 2.38. The van der Waals surface area contributed by atoms with Gasteiger partial charge in [0.1, 0.15) is 0 Å². The van der Waals surface area contributed by atoms with Crippen LogP contribution < -0.4 is 4.90 Å². The number of pyridine rings is 1. The summed E-state index contributed by atoms with van der Waals surface area (Å²) in [6.45, 7) is 0. The van der Waals surface area contributed by atoms with Crippen LogP contribution in [0.2, 0.25) is 0 Å². The molecule has 0 spiro atoms. The summed E-state index contributed by atoms with van der Waals surface area (Å²) in [5.41, 5.74) is 3.64. The molecule has 0 radical (unpaired) electrons. The van der Waals surface area contributed by atoms with Gasteiger partial charge < -0.3 is 4.90 Å². The summed E-state index contributed by atoms with van der Waals surface area (Å²) in [5.74, 6) is 0. The van der Waals surface area contributed by atoms with Crippen molar-refractivity contribution in [2.45, 2.75) is 0 Å². The lowest BCUT2D eigenvalue weighted by atomic mass is 10.1. The molecule has 1 heterocycles. The highest BCUT2D eigenvalue weighted by Gasteiger charge is 1.99. The second kappa shape index (κ2) is 4.13. The van der Waals surface area contributed by atoms with Gasteiger partial charge in [-0.2, -0.15) is 0 Å². The maximum absolute atomic E-state index is 4.02. The van der Waals surface area contributed by atoms with E-state index in [0.29, 0.717) is 0 Å². The molecule has 0 atom stereocenters. The largest absolute Gasteiger partial charge is 0.378 e. The summed E-state index contributed by atoms with van der Waals surface area (Å²) in [7, 11) is 4.09. The van der Waals surface area contributed by atoms with Gasteiger partial charge in [-0.3, -0.25) is 4.98 Å². The van der Waals surface area contributed by atoms with E-state index in [9.17, 15) is 0 Å². The van der Waals surface area contributed by atoms with E-state index < -0.39 is 0 Å². The first-order chi connectivity index (χ1) is 7.27. The molecular weight excluding hydrogens is 184 g/mol. The average Bonchev–Trinajstić information content (AvgIpc) is 2.30. The van der Waals surface area contributed by atoms with Gasteiger partial charge in [-0.1, -0.05) is 12.1 Å². The molecule has 2 nitrogen and oxygen atoms in total. The fourth-order valence-electron chi connectivity index (χ4n) is 1.51. The molecule has 0 fully saturated rings. The Labute approximate surface area is 90.2 Å². The Morgan fingerprint density at radius 1 is 0.933 bits per heavy atom. The van der Waals surface area contributed by atoms with Crippen LogP contribution in [-0.4, -0.2) is 19.1 Å². The van der Waals surface area contributed by atoms with Gasteiger partial charge in [0.25, 0.3) is 0 Å². The molecule has 1 aromatic heterocycles. The van der Waals surface area contributed by atoms with E-state index in [1.807, 2.05) is 38.6 Å². The average molecular weight is 198 g/mol. The molecule has 1 aromatic carbocycles. The number of anilines is 1. The molecule has 0 N–H and O–H groups in total. The van der Waals surface area contributed by atoms with Gasteiger partial charge in [0.05, 0.1) is 0 Å². The number of nitrogens with zero attached hydrogens (tertiary/aromatic N) is 2. The highest BCUT2D eigenvalue weighted by Crippen LogP contribution is 2.22. The molecule has 0 aliphatic carbocycles. The van der Waals surface area contributed by atoms with E-state index in [0.717, 1.165) is 0 Å². The van der Waals surface area contributed by atoms with E-state index >= 15 is 0 Å². The van der Waals surface area contributed by atoms with Crippen molar-refractivity contribution in [3.8, 4) is 11.1 Å². The van der Waals surface area contributed by atoms with Gasteiger partial charge in [0.2, 0.25) is 0 Å². The van der Waals surface area contributed by atoms with Gasteiger partial charge in [-0.25, -0.2) is 0 Å². The van der Waals surface area contributed by atoms with Crippen molar-refractivity contribution < 1.29 is 0 Å². The molecule has 2 heteroatoms. The first-order valence-corrected chi connectivity index (χ1v) is 4.95. The number of benzene rings is 1. The Bertz CT molecular complexity index is 435. The smallest absolute Gasteiger partial charge is 0.0367 e. The number of aromatic nitrogens is 1. The molecule has 0 aliphatic heterocycles. The summed E-state index contributed by atoms with van der Waals surface area (Å²) in [5, 5.41) is 0. The van der Waals surface area contributed by atoms with Crippen LogP contribution in [0, 0.1) is 0 Å². The fourth-order valence-corrected chi connectivity index (χ4v) is 1.51. The SMILES string of the molecule is CN(C)c1cccc(-c2ccncc2)c1. The van der Waals surface area contributed by atoms with Crippen LogP contribution in [0.3, 0.4) is 0 Å². The van der Waals surface area contributed by atoms with Crippen LogP contribution >= 0.6 is 0 Å². The van der Waals surface area contributed by atoms with Crippen molar-refractivity contribution in [3.05, 3.63) is 48.8 Å². The summed E-state index contributed by atoms with van der Waals surface area (Å²) in [6, 6.07) is 12.5. The van der Waals surface area contributed by atoms with Gasteiger partial charge in [0.15, 0.2) is 0 Å². The van der Waals surface area contributed by atoms with E-state index in [1.165, 1.54) is 16.8 Å². The van der Waals surface area contributed by atoms with Crippen molar-refractivity contribution in [1.82, 2.24) is 4.98 Å². The van der Waals surface area contributed by atoms with Gasteiger partial charge in [-0.15, -0.1) is 0 Å². The molecule has 76 valence electrons. The summed E-state index contributed by atoms with van der Waals surface area (Å²) in [6.07, 6.45) is 3.63. The van der Waals surface area contributed by atoms with Crippen LogP contribution in [0.4, 0.5) is 5.69 Å². The third-order valence-corrected chi connectivity index (χ3v) is 2.38. The lowest BCUT2D eigenvalue weighted by Crippen LogP contribution is -2.08. The second-order valence-corrected chi connectivity index (χ2v) is 3.68. The normalized spacial score (nSPS) is 10.0. The first kappa shape index (κ1) is 9.71. The zero-order chi connectivity index (χ0) is 10.7. The molecule has 0 amide bonds. The lowest BCUT2D eigenvalue weighted by Gasteiger charge is -2.13. The molecule has 0 bridgehead atoms. The standard InChI is InChI=1S/C13H14N2/c1-15(2)13-5-3-4-12(10-13)11-6-8-14-9-7-11/h3-10H,1-2H3. The predicted octanol–water partition coefficient (Wildman–Crippen LogP) is 2.81. The summed E-state index contributed by atoms with van der Waals surface area (Å²) < 4.78 is 0. The summed E-state index contributed by atoms with van der Waals surface area (Å²) in [4.78, 5) is 6.12. The molecule has 2 rings (SSSR count). The van der Waals surface area contributed by atoms with E-state index in [-0.39, 0.29) is 0 Å². The zero-order valence-corrected chi connectivity index (χ0v) is 9.01. The van der Waals surface area contributed by atoms with Gasteiger partial charge in [-0.05, 0) is 35.4 Å². The Hall–Kier alpha value is -1.83. The van der Waals surface area contributed by atoms with Crippen LogP contribution in [0.1, 0.15) is 0 Å². The predicted molar refractivity (Wildman–Crippen MR) is 64.0 cm³/mol. The Morgan fingerprint density at radius 2 is 1.67 bits per heavy atom. The quantitative estimate of drug-likeness (QED) is 0.737. The summed E-state index contributed by atoms with van der Waals surface area (Å²) >= 11 is 0. The molecule has 15 heavy (non-hydrogen) atoms. The molecule has 0 saturated heterocycles. The fraction of sp³-hybridized carbons (Fsp3) is 0.154. The van der Waals surface area contributed by atoms with Crippen molar-refractivity contribution >= 4 is 5.69 Å². The zero-order valence-electron chi connectivity index (χ0n) is 9.01. The van der Waals surface area contributed by atoms with Crippen LogP contribution in [0.5, 0.6) is 0 Å². The minimum atomic E-state index is 1.20. The van der Waals surface area contributed by atoms with Crippen LogP contribution in [0.25, 0.3) is 11.1 Å². The van der Waals surface area contributed by atoms with Crippen LogP contribution in [-0.2, 0) is 0 Å². The minimum Gasteiger partial charge on any atom is -0.378 e. The Balaban J connectivity index is 2.42. The van der Waals surface area contributed by atoms with Crippen LogP contribution in [0.15, 0.2) is 48.8 Å². The highest BCUT2D eigenvalue weighted by molar-refractivity contribution is 5.67. The number of rotatable bonds is 2. The molecule has 2 aromatic rings. The second-order valence-electron chi connectivity index (χ2n) is 3.68. The molecule has 0 saturated carbocycles. The minimum absolute atomic E-state index is 1.20. The van der Waals surface area contributed by atoms with E-state index in [2.05, 4.69) is 34.1 Å². The lowest BCUT2D eigenvalue weighted by molar-refractivity contribution is 1.13. The van der Waals surface area contributed by atoms with Crippen molar-refractivity contribution in [1.29, 1.82) is 0 Å². The maximum Gasteiger partial charge on any atom is 0.0367 e. The van der Waals surface area contributed by atoms with Crippen molar-refractivity contribution in [2.24, 2.45) is 0 Å². The van der Waals surface area contributed by atoms with Gasteiger partial charge >= 0.3 is 0 Å². The monoisotopic (exact) mass is 198 g/mol.